The van der Waals surface area contributed by atoms with E-state index >= 15 is 0 Å². The molecule has 40 heavy (non-hydrogen) atoms. The lowest BCUT2D eigenvalue weighted by atomic mass is 10.00. The number of benzene rings is 1. The standard InChI is InChI=1S/C34H61NO4S/c1-3-5-7-9-11-12-13-14-15-16-17-22-26-32(36)33(37)31(29-40-27-23-18-10-8-6-4-2)35-34(38)39-28-30-24-20-19-21-25-30/h19-21,24-25,31-33,36-37H,3-18,22-23,26-29H2,1-2H3,(H,35,38)/t31-,32+,33-/m0/s1. The number of rotatable bonds is 27. The van der Waals surface area contributed by atoms with Crippen LogP contribution in [0.5, 0.6) is 0 Å². The Morgan fingerprint density at radius 1 is 0.750 bits per heavy atom. The van der Waals surface area contributed by atoms with Crippen LogP contribution >= 0.6 is 11.8 Å². The van der Waals surface area contributed by atoms with Gasteiger partial charge in [0.2, 0.25) is 0 Å². The quantitative estimate of drug-likeness (QED) is 0.0906. The fourth-order valence-electron chi connectivity index (χ4n) is 4.97. The van der Waals surface area contributed by atoms with Crippen molar-refractivity contribution >= 4 is 17.9 Å². The maximum atomic E-state index is 12.5. The van der Waals surface area contributed by atoms with Gasteiger partial charge in [-0.15, -0.1) is 0 Å². The predicted molar refractivity (Wildman–Crippen MR) is 172 cm³/mol. The van der Waals surface area contributed by atoms with Crippen molar-refractivity contribution < 1.29 is 19.7 Å². The fraction of sp³-hybridized carbons (Fsp3) is 0.794. The van der Waals surface area contributed by atoms with E-state index in [0.29, 0.717) is 12.2 Å². The summed E-state index contributed by atoms with van der Waals surface area (Å²) in [6.45, 7) is 4.67. The largest absolute Gasteiger partial charge is 0.445 e. The molecule has 232 valence electrons. The molecule has 3 atom stereocenters. The van der Waals surface area contributed by atoms with Crippen molar-refractivity contribution in [3.8, 4) is 0 Å². The molecule has 0 fully saturated rings. The van der Waals surface area contributed by atoms with Gasteiger partial charge in [0.1, 0.15) is 12.7 Å². The van der Waals surface area contributed by atoms with E-state index in [-0.39, 0.29) is 6.61 Å². The van der Waals surface area contributed by atoms with E-state index in [1.807, 2.05) is 30.3 Å². The number of nitrogens with one attached hydrogen (secondary N) is 1. The molecule has 0 spiro atoms. The maximum Gasteiger partial charge on any atom is 0.407 e. The van der Waals surface area contributed by atoms with Crippen LogP contribution in [0.2, 0.25) is 0 Å². The Hall–Kier alpha value is -1.24. The molecule has 0 saturated heterocycles. The van der Waals surface area contributed by atoms with Crippen molar-refractivity contribution in [2.45, 2.75) is 161 Å². The topological polar surface area (TPSA) is 78.8 Å². The maximum absolute atomic E-state index is 12.5. The molecule has 0 saturated carbocycles. The number of alkyl carbamates (subject to hydrolysis) is 1. The second kappa shape index (κ2) is 26.6. The van der Waals surface area contributed by atoms with Crippen LogP contribution in [0.25, 0.3) is 0 Å². The monoisotopic (exact) mass is 579 g/mol. The van der Waals surface area contributed by atoms with Gasteiger partial charge in [0.05, 0.1) is 12.1 Å². The summed E-state index contributed by atoms with van der Waals surface area (Å²) in [5, 5.41) is 24.5. The molecule has 0 bridgehead atoms. The van der Waals surface area contributed by atoms with Gasteiger partial charge in [-0.05, 0) is 24.2 Å². The number of hydrogen-bond donors (Lipinski definition) is 3. The Labute approximate surface area is 250 Å². The molecular weight excluding hydrogens is 518 g/mol. The number of carbonyl (C=O) groups excluding carboxylic acids is 1. The van der Waals surface area contributed by atoms with Crippen molar-refractivity contribution in [1.82, 2.24) is 5.32 Å². The second-order valence-corrected chi connectivity index (χ2v) is 12.5. The van der Waals surface area contributed by atoms with Crippen LogP contribution in [0.3, 0.4) is 0 Å². The minimum atomic E-state index is -1.01. The van der Waals surface area contributed by atoms with Gasteiger partial charge in [-0.2, -0.15) is 11.8 Å². The molecule has 6 heteroatoms. The van der Waals surface area contributed by atoms with E-state index in [0.717, 1.165) is 30.6 Å². The second-order valence-electron chi connectivity index (χ2n) is 11.4. The van der Waals surface area contributed by atoms with E-state index in [4.69, 9.17) is 4.74 Å². The smallest absolute Gasteiger partial charge is 0.407 e. The van der Waals surface area contributed by atoms with Gasteiger partial charge >= 0.3 is 6.09 Å². The molecule has 0 aliphatic rings. The van der Waals surface area contributed by atoms with Crippen LogP contribution in [-0.4, -0.2) is 46.1 Å². The van der Waals surface area contributed by atoms with Crippen LogP contribution in [0, 0.1) is 0 Å². The van der Waals surface area contributed by atoms with Crippen molar-refractivity contribution in [2.75, 3.05) is 11.5 Å². The van der Waals surface area contributed by atoms with Crippen molar-refractivity contribution in [1.29, 1.82) is 0 Å². The molecule has 3 N–H and O–H groups in total. The van der Waals surface area contributed by atoms with Crippen LogP contribution in [0.4, 0.5) is 4.79 Å². The third kappa shape index (κ3) is 20.6. The Morgan fingerprint density at radius 3 is 1.80 bits per heavy atom. The summed E-state index contributed by atoms with van der Waals surface area (Å²) < 4.78 is 5.40. The summed E-state index contributed by atoms with van der Waals surface area (Å²) in [6.07, 6.45) is 20.8. The number of unbranched alkanes of at least 4 members (excludes halogenated alkanes) is 16. The summed E-state index contributed by atoms with van der Waals surface area (Å²) in [4.78, 5) is 12.5. The summed E-state index contributed by atoms with van der Waals surface area (Å²) in [7, 11) is 0. The zero-order valence-corrected chi connectivity index (χ0v) is 26.6. The highest BCUT2D eigenvalue weighted by Gasteiger charge is 2.28. The van der Waals surface area contributed by atoms with Crippen LogP contribution in [-0.2, 0) is 11.3 Å². The molecule has 1 rings (SSSR count). The van der Waals surface area contributed by atoms with E-state index in [1.54, 1.807) is 11.8 Å². The number of aliphatic hydroxyl groups is 2. The molecule has 0 heterocycles. The van der Waals surface area contributed by atoms with Gasteiger partial charge in [0.25, 0.3) is 0 Å². The molecule has 1 amide bonds. The minimum absolute atomic E-state index is 0.182. The summed E-state index contributed by atoms with van der Waals surface area (Å²) in [5.41, 5.74) is 0.916. The van der Waals surface area contributed by atoms with Gasteiger partial charge in [0.15, 0.2) is 0 Å². The first-order valence-electron chi connectivity index (χ1n) is 16.5. The Kier molecular flexibility index (Phi) is 24.5. The zero-order chi connectivity index (χ0) is 29.1. The summed E-state index contributed by atoms with van der Waals surface area (Å²) >= 11 is 1.73. The van der Waals surface area contributed by atoms with Gasteiger partial charge in [-0.1, -0.05) is 153 Å². The highest BCUT2D eigenvalue weighted by molar-refractivity contribution is 7.99. The summed E-state index contributed by atoms with van der Waals surface area (Å²) in [5.74, 6) is 1.55. The summed E-state index contributed by atoms with van der Waals surface area (Å²) in [6, 6.07) is 9.03. The molecule has 0 aliphatic carbocycles. The van der Waals surface area contributed by atoms with E-state index in [9.17, 15) is 15.0 Å². The zero-order valence-electron chi connectivity index (χ0n) is 25.8. The van der Waals surface area contributed by atoms with Gasteiger partial charge in [-0.25, -0.2) is 4.79 Å². The van der Waals surface area contributed by atoms with Gasteiger partial charge < -0.3 is 20.3 Å². The molecule has 0 aromatic heterocycles. The normalized spacial score (nSPS) is 13.6. The Bertz CT molecular complexity index is 690. The lowest BCUT2D eigenvalue weighted by molar-refractivity contribution is -0.00496. The Morgan fingerprint density at radius 2 is 1.25 bits per heavy atom. The molecule has 1 aromatic rings. The average molecular weight is 580 g/mol. The number of hydrogen-bond acceptors (Lipinski definition) is 5. The molecular formula is C34H61NO4S. The lowest BCUT2D eigenvalue weighted by Crippen LogP contribution is -2.50. The first-order valence-corrected chi connectivity index (χ1v) is 17.6. The molecule has 0 unspecified atom stereocenters. The number of thioether (sulfide) groups is 1. The number of ether oxygens (including phenoxy) is 1. The number of aliphatic hydroxyl groups excluding tert-OH is 2. The Balaban J connectivity index is 2.34. The number of carbonyl (C=O) groups is 1. The van der Waals surface area contributed by atoms with Gasteiger partial charge in [-0.3, -0.25) is 0 Å². The number of amides is 1. The average Bonchev–Trinajstić information content (AvgIpc) is 2.97. The van der Waals surface area contributed by atoms with Crippen molar-refractivity contribution in [3.63, 3.8) is 0 Å². The first kappa shape index (κ1) is 36.8. The molecule has 1 aromatic carbocycles. The molecule has 0 aliphatic heterocycles. The van der Waals surface area contributed by atoms with Crippen LogP contribution in [0.15, 0.2) is 30.3 Å². The van der Waals surface area contributed by atoms with Crippen molar-refractivity contribution in [2.24, 2.45) is 0 Å². The lowest BCUT2D eigenvalue weighted by Gasteiger charge is -2.27. The van der Waals surface area contributed by atoms with Gasteiger partial charge in [0, 0.05) is 5.75 Å². The third-order valence-electron chi connectivity index (χ3n) is 7.62. The van der Waals surface area contributed by atoms with E-state index in [2.05, 4.69) is 19.2 Å². The van der Waals surface area contributed by atoms with E-state index in [1.165, 1.54) is 96.3 Å². The van der Waals surface area contributed by atoms with Crippen molar-refractivity contribution in [3.05, 3.63) is 35.9 Å². The first-order chi connectivity index (χ1) is 19.6. The minimum Gasteiger partial charge on any atom is -0.445 e. The van der Waals surface area contributed by atoms with Crippen LogP contribution in [0.1, 0.15) is 141 Å². The highest BCUT2D eigenvalue weighted by atomic mass is 32.2. The fourth-order valence-corrected chi connectivity index (χ4v) is 6.08. The SMILES string of the molecule is CCCCCCCCCCCCCC[C@@H](O)[C@@H](O)[C@H](CSCCCCCCCC)NC(=O)OCc1ccccc1. The molecule has 0 radical (unpaired) electrons. The third-order valence-corrected chi connectivity index (χ3v) is 8.79. The van der Waals surface area contributed by atoms with Crippen LogP contribution < -0.4 is 5.32 Å². The molecule has 5 nitrogen and oxygen atoms in total. The van der Waals surface area contributed by atoms with E-state index < -0.39 is 24.3 Å². The predicted octanol–water partition coefficient (Wildman–Crippen LogP) is 9.19. The highest BCUT2D eigenvalue weighted by Crippen LogP contribution is 2.17.